The molecule has 0 unspecified atom stereocenters. The fourth-order valence-electron chi connectivity index (χ4n) is 4.14. The lowest BCUT2D eigenvalue weighted by Gasteiger charge is -2.21. The summed E-state index contributed by atoms with van der Waals surface area (Å²) in [5, 5.41) is 12.6. The summed E-state index contributed by atoms with van der Waals surface area (Å²) in [6.07, 6.45) is 0. The van der Waals surface area contributed by atoms with Crippen LogP contribution in [0.2, 0.25) is 0 Å². The Labute approximate surface area is 198 Å². The molecule has 0 spiro atoms. The minimum atomic E-state index is -3.77. The highest BCUT2D eigenvalue weighted by molar-refractivity contribution is 7.89. The quantitative estimate of drug-likeness (QED) is 0.391. The third-order valence-corrected chi connectivity index (χ3v) is 7.08. The second kappa shape index (κ2) is 9.67. The molecule has 1 aliphatic heterocycles. The third-order valence-electron chi connectivity index (χ3n) is 5.60. The second-order valence-electron chi connectivity index (χ2n) is 7.79. The summed E-state index contributed by atoms with van der Waals surface area (Å²) >= 11 is 0. The molecule has 4 aromatic rings. The summed E-state index contributed by atoms with van der Waals surface area (Å²) < 4.78 is 33.5. The molecule has 5 rings (SSSR count). The number of phenolic OH excluding ortho intramolecular Hbond substituents is 1. The standard InChI is InChI=1S/C23H17NO3S.C4H8O2/c25-23-16-8-2-1-7-15(16)13-14-20(23)22-19-11-4-3-9-17(19)18-10-5-6-12-21(18)28(26,27)24-22;1-3-6-4(2)5/h1-14,22,24-25H;3H2,1-2H3/t22-;/m1./s1. The van der Waals surface area contributed by atoms with E-state index in [1.165, 1.54) is 6.92 Å². The minimum absolute atomic E-state index is 0.0894. The van der Waals surface area contributed by atoms with Crippen molar-refractivity contribution < 1.29 is 23.1 Å². The number of carbonyl (C=O) groups excluding carboxylic acids is 1. The molecule has 34 heavy (non-hydrogen) atoms. The number of sulfonamides is 1. The first kappa shape index (κ1) is 23.5. The van der Waals surface area contributed by atoms with Crippen molar-refractivity contribution >= 4 is 26.8 Å². The molecule has 4 aromatic carbocycles. The average molecular weight is 476 g/mol. The third kappa shape index (κ3) is 4.53. The Bertz CT molecular complexity index is 1460. The molecular formula is C27H25NO5S. The predicted octanol–water partition coefficient (Wildman–Crippen LogP) is 5.16. The highest BCUT2D eigenvalue weighted by Gasteiger charge is 2.32. The second-order valence-corrected chi connectivity index (χ2v) is 9.47. The van der Waals surface area contributed by atoms with Crippen LogP contribution in [0.4, 0.5) is 0 Å². The van der Waals surface area contributed by atoms with Crippen molar-refractivity contribution in [3.8, 4) is 16.9 Å². The van der Waals surface area contributed by atoms with Gasteiger partial charge in [0.25, 0.3) is 0 Å². The normalized spacial score (nSPS) is 15.8. The number of esters is 1. The van der Waals surface area contributed by atoms with Crippen LogP contribution in [-0.4, -0.2) is 26.1 Å². The molecule has 0 aromatic heterocycles. The molecule has 0 saturated heterocycles. The van der Waals surface area contributed by atoms with E-state index < -0.39 is 16.1 Å². The smallest absolute Gasteiger partial charge is 0.302 e. The number of nitrogens with one attached hydrogen (secondary N) is 1. The van der Waals surface area contributed by atoms with Gasteiger partial charge < -0.3 is 9.84 Å². The first-order valence-corrected chi connectivity index (χ1v) is 12.4. The van der Waals surface area contributed by atoms with Gasteiger partial charge in [0.2, 0.25) is 10.0 Å². The Morgan fingerprint density at radius 1 is 0.882 bits per heavy atom. The molecule has 6 nitrogen and oxygen atoms in total. The average Bonchev–Trinajstić information content (AvgIpc) is 2.93. The molecule has 2 N–H and O–H groups in total. The van der Waals surface area contributed by atoms with Gasteiger partial charge in [-0.3, -0.25) is 4.79 Å². The van der Waals surface area contributed by atoms with E-state index in [0.29, 0.717) is 23.1 Å². The first-order valence-electron chi connectivity index (χ1n) is 10.9. The molecule has 7 heteroatoms. The molecule has 0 saturated carbocycles. The van der Waals surface area contributed by atoms with E-state index in [0.717, 1.165) is 16.5 Å². The summed E-state index contributed by atoms with van der Waals surface area (Å²) in [6, 6.07) is 25.1. The fraction of sp³-hybridized carbons (Fsp3) is 0.148. The lowest BCUT2D eigenvalue weighted by molar-refractivity contribution is -0.140. The summed E-state index contributed by atoms with van der Waals surface area (Å²) in [6.45, 7) is 3.65. The van der Waals surface area contributed by atoms with Gasteiger partial charge in [-0.25, -0.2) is 8.42 Å². The van der Waals surface area contributed by atoms with Crippen LogP contribution in [0.1, 0.15) is 31.0 Å². The van der Waals surface area contributed by atoms with Gasteiger partial charge in [-0.15, -0.1) is 0 Å². The molecule has 1 aliphatic rings. The predicted molar refractivity (Wildman–Crippen MR) is 132 cm³/mol. The van der Waals surface area contributed by atoms with E-state index in [9.17, 15) is 18.3 Å². The number of rotatable bonds is 2. The van der Waals surface area contributed by atoms with Crippen molar-refractivity contribution in [1.29, 1.82) is 0 Å². The van der Waals surface area contributed by atoms with Crippen LogP contribution < -0.4 is 4.72 Å². The SMILES string of the molecule is CCOC(C)=O.O=S1(=O)N[C@@H](c2ccc3ccccc3c2O)c2ccccc2-c2ccccc21. The van der Waals surface area contributed by atoms with Gasteiger partial charge in [-0.2, -0.15) is 4.72 Å². The molecule has 0 bridgehead atoms. The van der Waals surface area contributed by atoms with E-state index >= 15 is 0 Å². The molecule has 0 radical (unpaired) electrons. The Kier molecular flexibility index (Phi) is 6.68. The van der Waals surface area contributed by atoms with Crippen LogP contribution >= 0.6 is 0 Å². The number of benzene rings is 4. The van der Waals surface area contributed by atoms with Crippen LogP contribution in [0.25, 0.3) is 21.9 Å². The molecule has 0 amide bonds. The van der Waals surface area contributed by atoms with Crippen molar-refractivity contribution in [3.05, 3.63) is 96.1 Å². The summed E-state index contributed by atoms with van der Waals surface area (Å²) in [4.78, 5) is 10.1. The highest BCUT2D eigenvalue weighted by Crippen LogP contribution is 2.42. The van der Waals surface area contributed by atoms with Gasteiger partial charge >= 0.3 is 5.97 Å². The Hall–Kier alpha value is -3.68. The largest absolute Gasteiger partial charge is 0.507 e. The zero-order valence-electron chi connectivity index (χ0n) is 18.9. The van der Waals surface area contributed by atoms with E-state index in [1.54, 1.807) is 25.1 Å². The van der Waals surface area contributed by atoms with Gasteiger partial charge in [0.05, 0.1) is 17.5 Å². The minimum Gasteiger partial charge on any atom is -0.507 e. The topological polar surface area (TPSA) is 92.7 Å². The lowest BCUT2D eigenvalue weighted by Crippen LogP contribution is -2.28. The summed E-state index contributed by atoms with van der Waals surface area (Å²) in [7, 11) is -3.77. The highest BCUT2D eigenvalue weighted by atomic mass is 32.2. The Morgan fingerprint density at radius 3 is 2.24 bits per heavy atom. The Balaban J connectivity index is 0.000000408. The Morgan fingerprint density at radius 2 is 1.53 bits per heavy atom. The molecule has 0 fully saturated rings. The van der Waals surface area contributed by atoms with E-state index in [4.69, 9.17) is 0 Å². The van der Waals surface area contributed by atoms with Gasteiger partial charge in [0.1, 0.15) is 5.75 Å². The number of carbonyl (C=O) groups is 1. The summed E-state index contributed by atoms with van der Waals surface area (Å²) in [5.41, 5.74) is 2.83. The molecule has 0 aliphatic carbocycles. The zero-order chi connectivity index (χ0) is 24.3. The van der Waals surface area contributed by atoms with Crippen LogP contribution in [-0.2, 0) is 19.6 Å². The maximum absolute atomic E-state index is 13.1. The van der Waals surface area contributed by atoms with Gasteiger partial charge in [-0.1, -0.05) is 78.9 Å². The fourth-order valence-corrected chi connectivity index (χ4v) is 5.56. The van der Waals surface area contributed by atoms with Crippen molar-refractivity contribution in [2.24, 2.45) is 0 Å². The van der Waals surface area contributed by atoms with Gasteiger partial charge in [-0.05, 0) is 29.5 Å². The van der Waals surface area contributed by atoms with Gasteiger partial charge in [0, 0.05) is 23.4 Å². The number of phenols is 1. The molecule has 1 atom stereocenters. The van der Waals surface area contributed by atoms with Gasteiger partial charge in [0.15, 0.2) is 0 Å². The maximum Gasteiger partial charge on any atom is 0.302 e. The van der Waals surface area contributed by atoms with Crippen LogP contribution in [0.15, 0.2) is 89.8 Å². The van der Waals surface area contributed by atoms with Crippen LogP contribution in [0, 0.1) is 0 Å². The number of ether oxygens (including phenoxy) is 1. The van der Waals surface area contributed by atoms with E-state index in [2.05, 4.69) is 9.46 Å². The number of fused-ring (bicyclic) bond motifs is 4. The maximum atomic E-state index is 13.1. The first-order chi connectivity index (χ1) is 16.3. The van der Waals surface area contributed by atoms with Crippen molar-refractivity contribution in [2.45, 2.75) is 24.8 Å². The molecule has 174 valence electrons. The van der Waals surface area contributed by atoms with Crippen molar-refractivity contribution in [1.82, 2.24) is 4.72 Å². The number of hydrogen-bond acceptors (Lipinski definition) is 5. The van der Waals surface area contributed by atoms with Crippen molar-refractivity contribution in [3.63, 3.8) is 0 Å². The number of aromatic hydroxyl groups is 1. The van der Waals surface area contributed by atoms with Crippen molar-refractivity contribution in [2.75, 3.05) is 6.61 Å². The number of hydrogen-bond donors (Lipinski definition) is 2. The monoisotopic (exact) mass is 475 g/mol. The van der Waals surface area contributed by atoms with E-state index in [-0.39, 0.29) is 16.6 Å². The molecular weight excluding hydrogens is 450 g/mol. The van der Waals surface area contributed by atoms with Crippen LogP contribution in [0.3, 0.4) is 0 Å². The van der Waals surface area contributed by atoms with Crippen LogP contribution in [0.5, 0.6) is 5.75 Å². The summed E-state index contributed by atoms with van der Waals surface area (Å²) in [5.74, 6) is -0.121. The lowest BCUT2D eigenvalue weighted by atomic mass is 9.90. The van der Waals surface area contributed by atoms with E-state index in [1.807, 2.05) is 66.7 Å². The molecule has 1 heterocycles. The zero-order valence-corrected chi connectivity index (χ0v) is 19.7.